The number of carbonyl (C=O) groups excluding carboxylic acids is 1. The fourth-order valence-corrected chi connectivity index (χ4v) is 3.58. The molecular weight excluding hydrogens is 278 g/mol. The average molecular weight is 295 g/mol. The number of fused-ring (bicyclic) bond motifs is 1. The smallest absolute Gasteiger partial charge is 0.146 e. The van der Waals surface area contributed by atoms with Crippen LogP contribution in [0.15, 0.2) is 60.0 Å². The van der Waals surface area contributed by atoms with E-state index in [0.29, 0.717) is 13.0 Å². The molecule has 0 bridgehead atoms. The molecule has 3 aromatic rings. The molecule has 0 amide bonds. The number of ketones is 1. The van der Waals surface area contributed by atoms with Gasteiger partial charge in [0.1, 0.15) is 5.78 Å². The van der Waals surface area contributed by atoms with Crippen LogP contribution in [0.25, 0.3) is 10.1 Å². The van der Waals surface area contributed by atoms with Crippen molar-refractivity contribution < 1.29 is 4.79 Å². The van der Waals surface area contributed by atoms with E-state index in [1.807, 2.05) is 42.5 Å². The summed E-state index contributed by atoms with van der Waals surface area (Å²) in [6.07, 6.45) is 0.445. The average Bonchev–Trinajstić information content (AvgIpc) is 2.92. The number of hydrogen-bond acceptors (Lipinski definition) is 3. The molecule has 1 aromatic heterocycles. The van der Waals surface area contributed by atoms with E-state index in [-0.39, 0.29) is 11.7 Å². The van der Waals surface area contributed by atoms with Gasteiger partial charge in [-0.05, 0) is 28.0 Å². The summed E-state index contributed by atoms with van der Waals surface area (Å²) in [4.78, 5) is 12.6. The van der Waals surface area contributed by atoms with Crippen molar-refractivity contribution in [3.05, 3.63) is 71.1 Å². The standard InChI is InChI=1S/C18H17NOS/c19-11-16(13-6-2-1-3-7-13)17(20)10-14-12-21-18-9-5-4-8-15(14)18/h1-9,12,16H,10-11,19H2. The number of hydrogen-bond donors (Lipinski definition) is 1. The van der Waals surface area contributed by atoms with Crippen LogP contribution in [0.5, 0.6) is 0 Å². The largest absolute Gasteiger partial charge is 0.329 e. The van der Waals surface area contributed by atoms with Crippen molar-refractivity contribution in [3.63, 3.8) is 0 Å². The van der Waals surface area contributed by atoms with Crippen molar-refractivity contribution in [2.75, 3.05) is 6.54 Å². The zero-order valence-electron chi connectivity index (χ0n) is 11.7. The Morgan fingerprint density at radius 3 is 2.52 bits per heavy atom. The van der Waals surface area contributed by atoms with E-state index >= 15 is 0 Å². The third-order valence-corrected chi connectivity index (χ3v) is 4.76. The lowest BCUT2D eigenvalue weighted by Crippen LogP contribution is -2.23. The normalized spacial score (nSPS) is 12.4. The van der Waals surface area contributed by atoms with Gasteiger partial charge < -0.3 is 5.73 Å². The monoisotopic (exact) mass is 295 g/mol. The van der Waals surface area contributed by atoms with Gasteiger partial charge in [-0.15, -0.1) is 11.3 Å². The summed E-state index contributed by atoms with van der Waals surface area (Å²) < 4.78 is 1.23. The summed E-state index contributed by atoms with van der Waals surface area (Å²) in [5.74, 6) is -0.0304. The first kappa shape index (κ1) is 14.0. The first-order chi connectivity index (χ1) is 10.3. The van der Waals surface area contributed by atoms with Crippen LogP contribution in [-0.4, -0.2) is 12.3 Å². The van der Waals surface area contributed by atoms with Gasteiger partial charge in [0.25, 0.3) is 0 Å². The Labute approximate surface area is 128 Å². The molecule has 0 fully saturated rings. The predicted octanol–water partition coefficient (Wildman–Crippen LogP) is 3.76. The molecule has 2 N–H and O–H groups in total. The van der Waals surface area contributed by atoms with Crippen molar-refractivity contribution in [1.29, 1.82) is 0 Å². The Morgan fingerprint density at radius 1 is 1.05 bits per heavy atom. The molecule has 0 saturated carbocycles. The zero-order valence-corrected chi connectivity index (χ0v) is 12.5. The van der Waals surface area contributed by atoms with E-state index in [1.54, 1.807) is 11.3 Å². The third-order valence-electron chi connectivity index (χ3n) is 3.75. The molecule has 0 aliphatic heterocycles. The lowest BCUT2D eigenvalue weighted by Gasteiger charge is -2.13. The second-order valence-corrected chi connectivity index (χ2v) is 6.01. The van der Waals surface area contributed by atoms with Gasteiger partial charge in [0, 0.05) is 17.7 Å². The fraction of sp³-hybridized carbons (Fsp3) is 0.167. The highest BCUT2D eigenvalue weighted by molar-refractivity contribution is 7.17. The molecular formula is C18H17NOS. The SMILES string of the molecule is NCC(C(=O)Cc1csc2ccccc12)c1ccccc1. The van der Waals surface area contributed by atoms with Crippen LogP contribution in [0, 0.1) is 0 Å². The molecule has 1 unspecified atom stereocenters. The molecule has 1 atom stereocenters. The van der Waals surface area contributed by atoms with Gasteiger partial charge in [-0.1, -0.05) is 48.5 Å². The molecule has 0 aliphatic carbocycles. The minimum atomic E-state index is -0.218. The van der Waals surface area contributed by atoms with Crippen LogP contribution >= 0.6 is 11.3 Å². The van der Waals surface area contributed by atoms with Gasteiger partial charge in [-0.25, -0.2) is 0 Å². The van der Waals surface area contributed by atoms with E-state index in [9.17, 15) is 4.79 Å². The number of nitrogens with two attached hydrogens (primary N) is 1. The Balaban J connectivity index is 1.85. The maximum absolute atomic E-state index is 12.6. The third kappa shape index (κ3) is 2.89. The molecule has 106 valence electrons. The topological polar surface area (TPSA) is 43.1 Å². The van der Waals surface area contributed by atoms with Crippen LogP contribution in [0.2, 0.25) is 0 Å². The van der Waals surface area contributed by atoms with E-state index in [2.05, 4.69) is 17.5 Å². The Kier molecular flexibility index (Phi) is 4.13. The number of carbonyl (C=O) groups is 1. The summed E-state index contributed by atoms with van der Waals surface area (Å²) in [5, 5.41) is 3.26. The number of thiophene rings is 1. The molecule has 3 heteroatoms. The van der Waals surface area contributed by atoms with Gasteiger partial charge in [-0.3, -0.25) is 4.79 Å². The van der Waals surface area contributed by atoms with E-state index < -0.39 is 0 Å². The highest BCUT2D eigenvalue weighted by atomic mass is 32.1. The molecule has 0 spiro atoms. The van der Waals surface area contributed by atoms with Crippen LogP contribution in [0.4, 0.5) is 0 Å². The highest BCUT2D eigenvalue weighted by Crippen LogP contribution is 2.27. The maximum atomic E-state index is 12.6. The minimum Gasteiger partial charge on any atom is -0.329 e. The van der Waals surface area contributed by atoms with Crippen molar-refractivity contribution in [2.24, 2.45) is 5.73 Å². The molecule has 0 aliphatic rings. The summed E-state index contributed by atoms with van der Waals surface area (Å²) in [6, 6.07) is 18.0. The summed E-state index contributed by atoms with van der Waals surface area (Å²) in [6.45, 7) is 0.352. The van der Waals surface area contributed by atoms with Crippen LogP contribution in [-0.2, 0) is 11.2 Å². The zero-order chi connectivity index (χ0) is 14.7. The lowest BCUT2D eigenvalue weighted by molar-refractivity contribution is -0.119. The Morgan fingerprint density at radius 2 is 1.76 bits per heavy atom. The Bertz CT molecular complexity index is 748. The van der Waals surface area contributed by atoms with Gasteiger partial charge in [0.15, 0.2) is 0 Å². The van der Waals surface area contributed by atoms with Crippen molar-refractivity contribution in [3.8, 4) is 0 Å². The lowest BCUT2D eigenvalue weighted by atomic mass is 9.91. The summed E-state index contributed by atoms with van der Waals surface area (Å²) in [7, 11) is 0. The molecule has 0 saturated heterocycles. The highest BCUT2D eigenvalue weighted by Gasteiger charge is 2.20. The van der Waals surface area contributed by atoms with E-state index in [4.69, 9.17) is 5.73 Å². The van der Waals surface area contributed by atoms with E-state index in [1.165, 1.54) is 10.1 Å². The van der Waals surface area contributed by atoms with Crippen molar-refractivity contribution in [1.82, 2.24) is 0 Å². The van der Waals surface area contributed by atoms with E-state index in [0.717, 1.165) is 11.1 Å². The van der Waals surface area contributed by atoms with Gasteiger partial charge in [0.2, 0.25) is 0 Å². The second kappa shape index (κ2) is 6.20. The molecule has 21 heavy (non-hydrogen) atoms. The number of benzene rings is 2. The predicted molar refractivity (Wildman–Crippen MR) is 88.8 cm³/mol. The first-order valence-electron chi connectivity index (χ1n) is 7.02. The van der Waals surface area contributed by atoms with Crippen molar-refractivity contribution >= 4 is 27.2 Å². The molecule has 2 nitrogen and oxygen atoms in total. The minimum absolute atomic E-state index is 0.187. The maximum Gasteiger partial charge on any atom is 0.146 e. The quantitative estimate of drug-likeness (QED) is 0.779. The summed E-state index contributed by atoms with van der Waals surface area (Å²) in [5.41, 5.74) is 7.94. The number of rotatable bonds is 5. The van der Waals surface area contributed by atoms with Gasteiger partial charge in [0.05, 0.1) is 5.92 Å². The fourth-order valence-electron chi connectivity index (χ4n) is 2.62. The second-order valence-electron chi connectivity index (χ2n) is 5.10. The molecule has 1 heterocycles. The Hall–Kier alpha value is -1.97. The molecule has 2 aromatic carbocycles. The van der Waals surface area contributed by atoms with Crippen LogP contribution in [0.1, 0.15) is 17.0 Å². The molecule has 3 rings (SSSR count). The summed E-state index contributed by atoms with van der Waals surface area (Å²) >= 11 is 1.69. The first-order valence-corrected chi connectivity index (χ1v) is 7.90. The van der Waals surface area contributed by atoms with Crippen LogP contribution in [0.3, 0.4) is 0 Å². The number of Topliss-reactive ketones (excluding diaryl/α,β-unsaturated/α-hetero) is 1. The molecule has 0 radical (unpaired) electrons. The van der Waals surface area contributed by atoms with Crippen LogP contribution < -0.4 is 5.73 Å². The van der Waals surface area contributed by atoms with Gasteiger partial charge >= 0.3 is 0 Å². The van der Waals surface area contributed by atoms with Gasteiger partial charge in [-0.2, -0.15) is 0 Å². The van der Waals surface area contributed by atoms with Crippen molar-refractivity contribution in [2.45, 2.75) is 12.3 Å².